The van der Waals surface area contributed by atoms with Gasteiger partial charge in [0.05, 0.1) is 17.6 Å². The number of rotatable bonds is 5. The third kappa shape index (κ3) is 2.90. The summed E-state index contributed by atoms with van der Waals surface area (Å²) in [4.78, 5) is 21.2. The summed E-state index contributed by atoms with van der Waals surface area (Å²) in [5.41, 5.74) is 0.251. The van der Waals surface area contributed by atoms with Gasteiger partial charge in [0.15, 0.2) is 0 Å². The molecule has 2 unspecified atom stereocenters. The monoisotopic (exact) mass is 295 g/mol. The number of nitro groups is 1. The van der Waals surface area contributed by atoms with Crippen LogP contribution in [-0.4, -0.2) is 45.7 Å². The third-order valence-electron chi connectivity index (χ3n) is 3.90. The minimum atomic E-state index is -0.447. The van der Waals surface area contributed by atoms with Crippen molar-refractivity contribution in [2.24, 2.45) is 5.92 Å². The van der Waals surface area contributed by atoms with Crippen LogP contribution in [0.25, 0.3) is 0 Å². The van der Waals surface area contributed by atoms with Crippen molar-refractivity contribution in [2.45, 2.75) is 33.2 Å². The lowest BCUT2D eigenvalue weighted by Gasteiger charge is -2.26. The molecule has 0 saturated carbocycles. The van der Waals surface area contributed by atoms with Gasteiger partial charge in [0.1, 0.15) is 5.69 Å². The molecule has 2 heterocycles. The van der Waals surface area contributed by atoms with Gasteiger partial charge >= 0.3 is 5.69 Å². The number of aromatic nitrogens is 2. The third-order valence-corrected chi connectivity index (χ3v) is 3.90. The van der Waals surface area contributed by atoms with E-state index in [0.29, 0.717) is 30.5 Å². The first-order valence-electron chi connectivity index (χ1n) is 7.14. The summed E-state index contributed by atoms with van der Waals surface area (Å²) in [5, 5.41) is 23.9. The minimum absolute atomic E-state index is 0.0437. The molecular weight excluding hydrogens is 274 g/mol. The van der Waals surface area contributed by atoms with Crippen LogP contribution in [-0.2, 0) is 0 Å². The van der Waals surface area contributed by atoms with Gasteiger partial charge in [-0.1, -0.05) is 6.92 Å². The molecule has 1 saturated heterocycles. The second kappa shape index (κ2) is 6.21. The van der Waals surface area contributed by atoms with Gasteiger partial charge in [-0.25, -0.2) is 4.98 Å². The predicted molar refractivity (Wildman–Crippen MR) is 79.6 cm³/mol. The van der Waals surface area contributed by atoms with Gasteiger partial charge in [-0.3, -0.25) is 10.1 Å². The maximum atomic E-state index is 11.4. The molecule has 8 nitrogen and oxygen atoms in total. The smallest absolute Gasteiger partial charge is 0.332 e. The van der Waals surface area contributed by atoms with Crippen LogP contribution in [0.1, 0.15) is 26.0 Å². The first-order valence-corrected chi connectivity index (χ1v) is 7.14. The van der Waals surface area contributed by atoms with Crippen LogP contribution in [0.4, 0.5) is 17.5 Å². The molecule has 2 N–H and O–H groups in total. The topological polar surface area (TPSA) is 104 Å². The molecule has 1 aromatic rings. The summed E-state index contributed by atoms with van der Waals surface area (Å²) in [6.07, 6.45) is 0.877. The van der Waals surface area contributed by atoms with Gasteiger partial charge in [0, 0.05) is 13.1 Å². The lowest BCUT2D eigenvalue weighted by atomic mass is 10.0. The lowest BCUT2D eigenvalue weighted by molar-refractivity contribution is -0.385. The van der Waals surface area contributed by atoms with E-state index in [2.05, 4.69) is 15.3 Å². The van der Waals surface area contributed by atoms with Crippen molar-refractivity contribution in [1.29, 1.82) is 0 Å². The summed E-state index contributed by atoms with van der Waals surface area (Å²) in [7, 11) is 0. The highest BCUT2D eigenvalue weighted by Gasteiger charge is 2.36. The number of nitrogens with one attached hydrogen (secondary N) is 1. The zero-order valence-electron chi connectivity index (χ0n) is 12.5. The molecule has 0 aromatic carbocycles. The molecule has 21 heavy (non-hydrogen) atoms. The Hall–Kier alpha value is -1.96. The maximum absolute atomic E-state index is 11.4. The van der Waals surface area contributed by atoms with E-state index in [0.717, 1.165) is 6.42 Å². The van der Waals surface area contributed by atoms with Crippen molar-refractivity contribution < 1.29 is 10.0 Å². The summed E-state index contributed by atoms with van der Waals surface area (Å²) in [6, 6.07) is -0.146. The summed E-state index contributed by atoms with van der Waals surface area (Å²) < 4.78 is 0. The molecule has 1 aliphatic rings. The Labute approximate surface area is 123 Å². The second-order valence-corrected chi connectivity index (χ2v) is 5.30. The van der Waals surface area contributed by atoms with Crippen molar-refractivity contribution in [1.82, 2.24) is 9.97 Å². The lowest BCUT2D eigenvalue weighted by Crippen LogP contribution is -2.36. The van der Waals surface area contributed by atoms with E-state index >= 15 is 0 Å². The van der Waals surface area contributed by atoms with Gasteiger partial charge in [-0.15, -0.1) is 0 Å². The molecule has 2 rings (SSSR count). The standard InChI is InChI=1S/C13H21N5O3/c1-4-14-13-15-9(3)11(18(20)21)12(16-13)17-6-5-8(2)10(17)7-19/h8,10,19H,4-7H2,1-3H3,(H,14,15,16). The van der Waals surface area contributed by atoms with Crippen molar-refractivity contribution >= 4 is 17.5 Å². The highest BCUT2D eigenvalue weighted by molar-refractivity contribution is 5.63. The molecule has 116 valence electrons. The number of aryl methyl sites for hydroxylation is 1. The number of nitrogens with zero attached hydrogens (tertiary/aromatic N) is 4. The van der Waals surface area contributed by atoms with Crippen LogP contribution in [0.2, 0.25) is 0 Å². The average Bonchev–Trinajstić information content (AvgIpc) is 2.78. The van der Waals surface area contributed by atoms with E-state index in [9.17, 15) is 15.2 Å². The average molecular weight is 295 g/mol. The van der Waals surface area contributed by atoms with Crippen LogP contribution >= 0.6 is 0 Å². The van der Waals surface area contributed by atoms with Crippen molar-refractivity contribution in [3.05, 3.63) is 15.8 Å². The van der Waals surface area contributed by atoms with E-state index in [-0.39, 0.29) is 24.3 Å². The van der Waals surface area contributed by atoms with Gasteiger partial charge in [-0.05, 0) is 26.2 Å². The second-order valence-electron chi connectivity index (χ2n) is 5.30. The van der Waals surface area contributed by atoms with Crippen LogP contribution < -0.4 is 10.2 Å². The highest BCUT2D eigenvalue weighted by atomic mass is 16.6. The molecule has 1 aliphatic heterocycles. The van der Waals surface area contributed by atoms with Crippen LogP contribution in [0.5, 0.6) is 0 Å². The fourth-order valence-corrected chi connectivity index (χ4v) is 2.75. The Balaban J connectivity index is 2.51. The molecule has 0 amide bonds. The highest BCUT2D eigenvalue weighted by Crippen LogP contribution is 2.36. The van der Waals surface area contributed by atoms with Gasteiger partial charge in [0.2, 0.25) is 11.8 Å². The van der Waals surface area contributed by atoms with Crippen molar-refractivity contribution in [2.75, 3.05) is 29.9 Å². The summed E-state index contributed by atoms with van der Waals surface area (Å²) in [6.45, 7) is 6.79. The van der Waals surface area contributed by atoms with Gasteiger partial charge in [0.25, 0.3) is 0 Å². The largest absolute Gasteiger partial charge is 0.394 e. The van der Waals surface area contributed by atoms with Crippen molar-refractivity contribution in [3.63, 3.8) is 0 Å². The van der Waals surface area contributed by atoms with E-state index in [1.54, 1.807) is 6.92 Å². The quantitative estimate of drug-likeness (QED) is 0.623. The van der Waals surface area contributed by atoms with E-state index in [1.807, 2.05) is 18.7 Å². The number of hydrogen-bond donors (Lipinski definition) is 2. The summed E-state index contributed by atoms with van der Waals surface area (Å²) >= 11 is 0. The number of aliphatic hydroxyl groups is 1. The SMILES string of the molecule is CCNc1nc(C)c([N+](=O)[O-])c(N2CCC(C)C2CO)n1. The van der Waals surface area contributed by atoms with Gasteiger partial charge in [-0.2, -0.15) is 4.98 Å². The predicted octanol–water partition coefficient (Wildman–Crippen LogP) is 1.33. The van der Waals surface area contributed by atoms with E-state index < -0.39 is 4.92 Å². The molecule has 0 spiro atoms. The first kappa shape index (κ1) is 15.4. The zero-order valence-corrected chi connectivity index (χ0v) is 12.5. The first-order chi connectivity index (χ1) is 9.99. The number of aliphatic hydroxyl groups excluding tert-OH is 1. The Bertz CT molecular complexity index is 537. The fourth-order valence-electron chi connectivity index (χ4n) is 2.75. The molecule has 0 radical (unpaired) electrons. The number of hydrogen-bond acceptors (Lipinski definition) is 7. The van der Waals surface area contributed by atoms with Crippen LogP contribution in [0, 0.1) is 23.0 Å². The molecule has 1 fully saturated rings. The molecule has 8 heteroatoms. The van der Waals surface area contributed by atoms with Gasteiger partial charge < -0.3 is 15.3 Å². The van der Waals surface area contributed by atoms with Crippen molar-refractivity contribution in [3.8, 4) is 0 Å². The Morgan fingerprint density at radius 1 is 1.52 bits per heavy atom. The molecular formula is C13H21N5O3. The van der Waals surface area contributed by atoms with Crippen LogP contribution in [0.3, 0.4) is 0 Å². The Morgan fingerprint density at radius 2 is 2.24 bits per heavy atom. The number of anilines is 2. The molecule has 0 bridgehead atoms. The molecule has 0 aliphatic carbocycles. The Morgan fingerprint density at radius 3 is 2.81 bits per heavy atom. The molecule has 1 aromatic heterocycles. The van der Waals surface area contributed by atoms with E-state index in [1.165, 1.54) is 0 Å². The summed E-state index contributed by atoms with van der Waals surface area (Å²) in [5.74, 6) is 0.950. The molecule has 2 atom stereocenters. The fraction of sp³-hybridized carbons (Fsp3) is 0.692. The normalized spacial score (nSPS) is 21.6. The van der Waals surface area contributed by atoms with Crippen LogP contribution in [0.15, 0.2) is 0 Å². The Kier molecular flexibility index (Phi) is 4.56. The minimum Gasteiger partial charge on any atom is -0.394 e. The zero-order chi connectivity index (χ0) is 15.6. The van der Waals surface area contributed by atoms with E-state index in [4.69, 9.17) is 0 Å². The maximum Gasteiger partial charge on any atom is 0.332 e.